The average Bonchev–Trinajstić information content (AvgIpc) is 2.36. The summed E-state index contributed by atoms with van der Waals surface area (Å²) in [6.45, 7) is 0. The molecule has 2 nitrogen and oxygen atoms in total. The molecule has 2 rings (SSSR count). The fraction of sp³-hybridized carbons (Fsp3) is 0.286. The Hall–Kier alpha value is -1.96. The Morgan fingerprint density at radius 3 is 1.68 bits per heavy atom. The standard InChI is InChI=1S/C14H12F6N2/c15-13(16,17)12(14(18,19)20)8-2-1-7-11(12,22)9-3-5-10(21)6-4-9/h1-8H,21-22H2. The molecule has 0 heterocycles. The van der Waals surface area contributed by atoms with E-state index in [0.29, 0.717) is 12.2 Å². The van der Waals surface area contributed by atoms with Crippen molar-refractivity contribution in [3.63, 3.8) is 0 Å². The third kappa shape index (κ3) is 2.09. The minimum Gasteiger partial charge on any atom is -0.399 e. The van der Waals surface area contributed by atoms with Crippen molar-refractivity contribution < 1.29 is 26.3 Å². The first-order valence-electron chi connectivity index (χ1n) is 6.11. The molecule has 1 aromatic rings. The molecule has 4 N–H and O–H groups in total. The summed E-state index contributed by atoms with van der Waals surface area (Å²) in [5, 5.41) is 0. The number of benzene rings is 1. The lowest BCUT2D eigenvalue weighted by molar-refractivity contribution is -0.339. The number of alkyl halides is 6. The van der Waals surface area contributed by atoms with Gasteiger partial charge in [-0.25, -0.2) is 0 Å². The van der Waals surface area contributed by atoms with E-state index in [1.54, 1.807) is 0 Å². The maximum absolute atomic E-state index is 13.4. The van der Waals surface area contributed by atoms with Crippen LogP contribution in [0.25, 0.3) is 0 Å². The number of anilines is 1. The number of allylic oxidation sites excluding steroid dienone is 2. The van der Waals surface area contributed by atoms with Gasteiger partial charge in [-0.15, -0.1) is 0 Å². The van der Waals surface area contributed by atoms with E-state index in [0.717, 1.165) is 18.2 Å². The van der Waals surface area contributed by atoms with Crippen LogP contribution in [0.1, 0.15) is 5.56 Å². The van der Waals surface area contributed by atoms with E-state index in [2.05, 4.69) is 0 Å². The van der Waals surface area contributed by atoms with E-state index in [1.807, 2.05) is 0 Å². The van der Waals surface area contributed by atoms with Crippen LogP contribution in [0.5, 0.6) is 0 Å². The van der Waals surface area contributed by atoms with Gasteiger partial charge in [-0.1, -0.05) is 36.4 Å². The van der Waals surface area contributed by atoms with E-state index < -0.39 is 23.3 Å². The van der Waals surface area contributed by atoms with Crippen molar-refractivity contribution in [2.45, 2.75) is 17.9 Å². The SMILES string of the molecule is Nc1ccc(C2(N)C=CC=CC2(C(F)(F)F)C(F)(F)F)cc1. The predicted octanol–water partition coefficient (Wildman–Crippen LogP) is 3.66. The van der Waals surface area contributed by atoms with Crippen LogP contribution in [0.15, 0.2) is 48.6 Å². The molecule has 1 aliphatic rings. The van der Waals surface area contributed by atoms with Gasteiger partial charge >= 0.3 is 12.4 Å². The molecule has 8 heteroatoms. The highest BCUT2D eigenvalue weighted by Crippen LogP contribution is 2.61. The second kappa shape index (κ2) is 4.77. The number of nitrogens with two attached hydrogens (primary N) is 2. The molecule has 1 aromatic carbocycles. The van der Waals surface area contributed by atoms with E-state index in [1.165, 1.54) is 12.1 Å². The van der Waals surface area contributed by atoms with Gasteiger partial charge in [0, 0.05) is 5.69 Å². The first kappa shape index (κ1) is 16.4. The Kier molecular flexibility index (Phi) is 3.56. The van der Waals surface area contributed by atoms with E-state index in [9.17, 15) is 26.3 Å². The second-order valence-electron chi connectivity index (χ2n) is 5.01. The van der Waals surface area contributed by atoms with Crippen LogP contribution < -0.4 is 11.5 Å². The highest BCUT2D eigenvalue weighted by atomic mass is 19.4. The lowest BCUT2D eigenvalue weighted by atomic mass is 9.63. The topological polar surface area (TPSA) is 52.0 Å². The van der Waals surface area contributed by atoms with Crippen LogP contribution >= 0.6 is 0 Å². The molecule has 1 aliphatic carbocycles. The third-order valence-corrected chi connectivity index (χ3v) is 3.75. The van der Waals surface area contributed by atoms with E-state index in [-0.39, 0.29) is 17.3 Å². The van der Waals surface area contributed by atoms with Crippen molar-refractivity contribution in [1.82, 2.24) is 0 Å². The summed E-state index contributed by atoms with van der Waals surface area (Å²) in [6.07, 6.45) is -8.75. The first-order valence-corrected chi connectivity index (χ1v) is 6.11. The van der Waals surface area contributed by atoms with Gasteiger partial charge in [0.2, 0.25) is 5.41 Å². The molecule has 1 atom stereocenters. The van der Waals surface area contributed by atoms with Gasteiger partial charge in [-0.05, 0) is 17.7 Å². The Morgan fingerprint density at radius 1 is 0.773 bits per heavy atom. The van der Waals surface area contributed by atoms with Crippen molar-refractivity contribution in [1.29, 1.82) is 0 Å². The summed E-state index contributed by atoms with van der Waals surface area (Å²) < 4.78 is 80.7. The zero-order chi connectivity index (χ0) is 16.8. The summed E-state index contributed by atoms with van der Waals surface area (Å²) in [6, 6.07) is 4.53. The maximum Gasteiger partial charge on any atom is 0.409 e. The summed E-state index contributed by atoms with van der Waals surface area (Å²) in [5.74, 6) is 0. The first-order chi connectivity index (χ1) is 9.96. The molecule has 0 bridgehead atoms. The van der Waals surface area contributed by atoms with Crippen LogP contribution in [-0.2, 0) is 5.54 Å². The van der Waals surface area contributed by atoms with E-state index in [4.69, 9.17) is 11.5 Å². The fourth-order valence-electron chi connectivity index (χ4n) is 2.58. The van der Waals surface area contributed by atoms with Crippen LogP contribution in [0.2, 0.25) is 0 Å². The Labute approximate surface area is 122 Å². The second-order valence-corrected chi connectivity index (χ2v) is 5.01. The van der Waals surface area contributed by atoms with Crippen LogP contribution in [0.3, 0.4) is 0 Å². The highest BCUT2D eigenvalue weighted by molar-refractivity contribution is 5.47. The minimum absolute atomic E-state index is 0.0589. The molecule has 0 amide bonds. The summed E-state index contributed by atoms with van der Waals surface area (Å²) in [5.41, 5.74) is 3.90. The zero-order valence-corrected chi connectivity index (χ0v) is 11.0. The number of hydrogen-bond donors (Lipinski definition) is 2. The highest BCUT2D eigenvalue weighted by Gasteiger charge is 2.77. The summed E-state index contributed by atoms with van der Waals surface area (Å²) in [4.78, 5) is 0. The molecule has 1 unspecified atom stereocenters. The maximum atomic E-state index is 13.4. The van der Waals surface area contributed by atoms with Gasteiger partial charge in [-0.3, -0.25) is 0 Å². The van der Waals surface area contributed by atoms with Gasteiger partial charge < -0.3 is 11.5 Å². The molecule has 0 saturated heterocycles. The van der Waals surface area contributed by atoms with Crippen molar-refractivity contribution in [3.8, 4) is 0 Å². The zero-order valence-electron chi connectivity index (χ0n) is 11.0. The van der Waals surface area contributed by atoms with Crippen molar-refractivity contribution >= 4 is 5.69 Å². The molecular weight excluding hydrogens is 310 g/mol. The quantitative estimate of drug-likeness (QED) is 0.612. The minimum atomic E-state index is -5.64. The van der Waals surface area contributed by atoms with Crippen molar-refractivity contribution in [3.05, 3.63) is 54.1 Å². The van der Waals surface area contributed by atoms with Crippen molar-refractivity contribution in [2.24, 2.45) is 11.1 Å². The molecule has 0 radical (unpaired) electrons. The summed E-state index contributed by atoms with van der Waals surface area (Å²) in [7, 11) is 0. The predicted molar refractivity (Wildman–Crippen MR) is 69.5 cm³/mol. The normalized spacial score (nSPS) is 24.5. The molecule has 0 saturated carbocycles. The number of rotatable bonds is 1. The van der Waals surface area contributed by atoms with Crippen molar-refractivity contribution in [2.75, 3.05) is 5.73 Å². The fourth-order valence-corrected chi connectivity index (χ4v) is 2.58. The molecule has 0 fully saturated rings. The number of nitrogen functional groups attached to an aromatic ring is 1. The number of hydrogen-bond acceptors (Lipinski definition) is 2. The molecule has 0 aliphatic heterocycles. The van der Waals surface area contributed by atoms with Crippen LogP contribution in [0, 0.1) is 5.41 Å². The molecule has 0 spiro atoms. The van der Waals surface area contributed by atoms with Gasteiger partial charge in [0.25, 0.3) is 0 Å². The van der Waals surface area contributed by atoms with Crippen LogP contribution in [0.4, 0.5) is 32.0 Å². The monoisotopic (exact) mass is 322 g/mol. The van der Waals surface area contributed by atoms with Crippen LogP contribution in [-0.4, -0.2) is 12.4 Å². The van der Waals surface area contributed by atoms with Gasteiger partial charge in [0.15, 0.2) is 0 Å². The molecule has 22 heavy (non-hydrogen) atoms. The molecule has 120 valence electrons. The Morgan fingerprint density at radius 2 is 1.23 bits per heavy atom. The van der Waals surface area contributed by atoms with E-state index >= 15 is 0 Å². The Balaban J connectivity index is 2.78. The third-order valence-electron chi connectivity index (χ3n) is 3.75. The Bertz CT molecular complexity index is 598. The van der Waals surface area contributed by atoms with Gasteiger partial charge in [0.1, 0.15) is 0 Å². The molecular formula is C14H12F6N2. The lowest BCUT2D eigenvalue weighted by Crippen LogP contribution is -2.65. The molecule has 0 aromatic heterocycles. The largest absolute Gasteiger partial charge is 0.409 e. The van der Waals surface area contributed by atoms with Gasteiger partial charge in [-0.2, -0.15) is 26.3 Å². The average molecular weight is 322 g/mol. The smallest absolute Gasteiger partial charge is 0.399 e. The lowest BCUT2D eigenvalue weighted by Gasteiger charge is -2.48. The van der Waals surface area contributed by atoms with Gasteiger partial charge in [0.05, 0.1) is 5.54 Å². The number of halogens is 6. The summed E-state index contributed by atoms with van der Waals surface area (Å²) >= 11 is 0.